The van der Waals surface area contributed by atoms with Gasteiger partial charge < -0.3 is 33.2 Å². The van der Waals surface area contributed by atoms with E-state index in [4.69, 9.17) is 33.2 Å². The quantitative estimate of drug-likeness (QED) is 0.665. The van der Waals surface area contributed by atoms with Gasteiger partial charge in [-0.05, 0) is 51.3 Å². The third kappa shape index (κ3) is 4.98. The molecule has 1 aromatic rings. The Hall–Kier alpha value is -1.22. The van der Waals surface area contributed by atoms with Gasteiger partial charge in [0.05, 0.1) is 19.8 Å². The van der Waals surface area contributed by atoms with Gasteiger partial charge in [0.25, 0.3) is 0 Å². The van der Waals surface area contributed by atoms with Crippen LogP contribution in [0, 0.1) is 5.92 Å². The van der Waals surface area contributed by atoms with Crippen LogP contribution in [0.2, 0.25) is 0 Å². The van der Waals surface area contributed by atoms with Crippen molar-refractivity contribution in [2.75, 3.05) is 13.2 Å². The molecule has 7 nitrogen and oxygen atoms in total. The highest BCUT2D eigenvalue weighted by molar-refractivity contribution is 5.26. The molecule has 3 heterocycles. The Bertz CT molecular complexity index is 715. The fraction of sp³-hybridized carbons (Fsp3) is 0.739. The van der Waals surface area contributed by atoms with Crippen LogP contribution in [0.5, 0.6) is 5.75 Å². The van der Waals surface area contributed by atoms with E-state index in [9.17, 15) is 0 Å². The molecule has 168 valence electrons. The first-order valence-electron chi connectivity index (χ1n) is 10.8. The first kappa shape index (κ1) is 22.0. The lowest BCUT2D eigenvalue weighted by atomic mass is 9.99. The monoisotopic (exact) mass is 422 g/mol. The Morgan fingerprint density at radius 1 is 0.867 bits per heavy atom. The molecule has 0 aromatic heterocycles. The van der Waals surface area contributed by atoms with Gasteiger partial charge in [0.2, 0.25) is 0 Å². The Labute approximate surface area is 178 Å². The lowest BCUT2D eigenvalue weighted by molar-refractivity contribution is -0.243. The van der Waals surface area contributed by atoms with E-state index in [1.54, 1.807) is 0 Å². The van der Waals surface area contributed by atoms with Gasteiger partial charge in [0.1, 0.15) is 30.2 Å². The highest BCUT2D eigenvalue weighted by Gasteiger charge is 2.60. The van der Waals surface area contributed by atoms with E-state index in [0.29, 0.717) is 25.7 Å². The molecule has 30 heavy (non-hydrogen) atoms. The normalized spacial score (nSPS) is 34.0. The summed E-state index contributed by atoms with van der Waals surface area (Å²) in [7, 11) is 0. The van der Waals surface area contributed by atoms with Crippen LogP contribution < -0.4 is 4.74 Å². The van der Waals surface area contributed by atoms with Crippen molar-refractivity contribution >= 4 is 0 Å². The molecule has 3 aliphatic heterocycles. The summed E-state index contributed by atoms with van der Waals surface area (Å²) in [6, 6.07) is 7.98. The Morgan fingerprint density at radius 2 is 1.50 bits per heavy atom. The highest BCUT2D eigenvalue weighted by Crippen LogP contribution is 2.44. The molecule has 1 aromatic carbocycles. The van der Waals surface area contributed by atoms with Crippen LogP contribution in [0.3, 0.4) is 0 Å². The largest absolute Gasteiger partial charge is 0.493 e. The second-order valence-electron chi connectivity index (χ2n) is 9.57. The molecule has 0 spiro atoms. The molecular formula is C23H34O7. The van der Waals surface area contributed by atoms with Gasteiger partial charge >= 0.3 is 0 Å². The summed E-state index contributed by atoms with van der Waals surface area (Å²) in [5.74, 6) is -0.0473. The maximum atomic E-state index is 6.17. The zero-order chi connectivity index (χ0) is 21.5. The fourth-order valence-electron chi connectivity index (χ4n) is 4.07. The molecule has 0 saturated carbocycles. The maximum absolute atomic E-state index is 6.17. The molecule has 0 N–H and O–H groups in total. The molecule has 0 amide bonds. The van der Waals surface area contributed by atoms with Gasteiger partial charge in [0.15, 0.2) is 17.9 Å². The topological polar surface area (TPSA) is 64.6 Å². The molecule has 4 rings (SSSR count). The number of rotatable bonds is 7. The molecule has 5 atom stereocenters. The first-order chi connectivity index (χ1) is 14.1. The standard InChI is InChI=1S/C23H34O7/c1-14(2)11-25-16-9-7-15(8-10-16)12-24-13-17-18-19(28-22(3,4)27-18)20-21(26-17)30-23(5,6)29-20/h7-10,14,17-21H,11-13H2,1-6H3/t17-,18+,19-,20+,21+/m0/s1. The van der Waals surface area contributed by atoms with Crippen molar-refractivity contribution in [1.82, 2.24) is 0 Å². The second kappa shape index (κ2) is 8.37. The van der Waals surface area contributed by atoms with E-state index >= 15 is 0 Å². The average Bonchev–Trinajstić information content (AvgIpc) is 3.15. The lowest BCUT2D eigenvalue weighted by Gasteiger charge is -2.37. The average molecular weight is 423 g/mol. The number of hydrogen-bond acceptors (Lipinski definition) is 7. The highest BCUT2D eigenvalue weighted by atomic mass is 16.9. The van der Waals surface area contributed by atoms with Crippen LogP contribution in [0.1, 0.15) is 47.1 Å². The first-order valence-corrected chi connectivity index (χ1v) is 10.8. The van der Waals surface area contributed by atoms with Crippen molar-refractivity contribution in [3.63, 3.8) is 0 Å². The SMILES string of the molecule is CC(C)COc1ccc(COC[C@@H]2O[C@@H]3OC(C)(C)O[C@@H]3[C@H]3OC(C)(C)O[C@@H]32)cc1. The van der Waals surface area contributed by atoms with Crippen molar-refractivity contribution in [3.05, 3.63) is 29.8 Å². The number of fused-ring (bicyclic) bond motifs is 3. The predicted octanol–water partition coefficient (Wildman–Crippen LogP) is 3.63. The van der Waals surface area contributed by atoms with Crippen LogP contribution in [0.4, 0.5) is 0 Å². The molecule has 0 bridgehead atoms. The minimum atomic E-state index is -0.717. The smallest absolute Gasteiger partial charge is 0.190 e. The molecule has 3 fully saturated rings. The number of hydrogen-bond donors (Lipinski definition) is 0. The Morgan fingerprint density at radius 3 is 2.20 bits per heavy atom. The lowest BCUT2D eigenvalue weighted by Crippen LogP contribution is -2.56. The van der Waals surface area contributed by atoms with E-state index in [0.717, 1.165) is 11.3 Å². The van der Waals surface area contributed by atoms with E-state index in [1.165, 1.54) is 0 Å². The van der Waals surface area contributed by atoms with Gasteiger partial charge in [0, 0.05) is 0 Å². The zero-order valence-electron chi connectivity index (χ0n) is 18.8. The van der Waals surface area contributed by atoms with Crippen LogP contribution in [0.15, 0.2) is 24.3 Å². The van der Waals surface area contributed by atoms with Gasteiger partial charge in [-0.1, -0.05) is 26.0 Å². The summed E-state index contributed by atoms with van der Waals surface area (Å²) in [6.07, 6.45) is -1.65. The van der Waals surface area contributed by atoms with Gasteiger partial charge in [-0.2, -0.15) is 0 Å². The zero-order valence-corrected chi connectivity index (χ0v) is 18.8. The van der Waals surface area contributed by atoms with Crippen LogP contribution in [-0.4, -0.2) is 55.5 Å². The summed E-state index contributed by atoms with van der Waals surface area (Å²) >= 11 is 0. The molecule has 0 unspecified atom stereocenters. The maximum Gasteiger partial charge on any atom is 0.190 e. The third-order valence-electron chi connectivity index (χ3n) is 5.31. The number of benzene rings is 1. The summed E-state index contributed by atoms with van der Waals surface area (Å²) in [4.78, 5) is 0. The van der Waals surface area contributed by atoms with E-state index < -0.39 is 17.9 Å². The summed E-state index contributed by atoms with van der Waals surface area (Å²) in [6.45, 7) is 13.4. The minimum Gasteiger partial charge on any atom is -0.493 e. The van der Waals surface area contributed by atoms with Crippen molar-refractivity contribution in [2.24, 2.45) is 5.92 Å². The van der Waals surface area contributed by atoms with E-state index in [1.807, 2.05) is 52.0 Å². The third-order valence-corrected chi connectivity index (χ3v) is 5.31. The molecule has 3 saturated heterocycles. The van der Waals surface area contributed by atoms with E-state index in [2.05, 4.69) is 13.8 Å². The fourth-order valence-corrected chi connectivity index (χ4v) is 4.07. The van der Waals surface area contributed by atoms with Crippen molar-refractivity contribution in [2.45, 2.75) is 90.4 Å². The van der Waals surface area contributed by atoms with Crippen LogP contribution in [0.25, 0.3) is 0 Å². The molecular weight excluding hydrogens is 388 g/mol. The van der Waals surface area contributed by atoms with Crippen molar-refractivity contribution < 1.29 is 33.2 Å². The minimum absolute atomic E-state index is 0.258. The summed E-state index contributed by atoms with van der Waals surface area (Å²) in [5.41, 5.74) is 1.07. The van der Waals surface area contributed by atoms with Gasteiger partial charge in [-0.3, -0.25) is 0 Å². The van der Waals surface area contributed by atoms with Gasteiger partial charge in [-0.25, -0.2) is 0 Å². The Kier molecular flexibility index (Phi) is 6.14. The molecule has 7 heteroatoms. The van der Waals surface area contributed by atoms with Crippen LogP contribution in [-0.2, 0) is 35.0 Å². The van der Waals surface area contributed by atoms with Crippen molar-refractivity contribution in [1.29, 1.82) is 0 Å². The summed E-state index contributed by atoms with van der Waals surface area (Å²) in [5, 5.41) is 0. The van der Waals surface area contributed by atoms with E-state index in [-0.39, 0.29) is 24.4 Å². The molecule has 3 aliphatic rings. The van der Waals surface area contributed by atoms with Gasteiger partial charge in [-0.15, -0.1) is 0 Å². The molecule has 0 aliphatic carbocycles. The second-order valence-corrected chi connectivity index (χ2v) is 9.57. The predicted molar refractivity (Wildman–Crippen MR) is 109 cm³/mol. The molecule has 0 radical (unpaired) electrons. The Balaban J connectivity index is 1.34. The summed E-state index contributed by atoms with van der Waals surface area (Å²) < 4.78 is 42.1. The number of ether oxygens (including phenoxy) is 7. The van der Waals surface area contributed by atoms with Crippen molar-refractivity contribution in [3.8, 4) is 5.75 Å². The van der Waals surface area contributed by atoms with Crippen LogP contribution >= 0.6 is 0 Å².